The molecule has 4 aromatic rings. The quantitative estimate of drug-likeness (QED) is 0.368. The lowest BCUT2D eigenvalue weighted by Gasteiger charge is -2.32. The maximum atomic E-state index is 14.4. The number of benzene rings is 2. The summed E-state index contributed by atoms with van der Waals surface area (Å²) in [4.78, 5) is 62.3. The molecule has 6 rings (SSSR count). The van der Waals surface area contributed by atoms with Gasteiger partial charge in [-0.25, -0.2) is 9.37 Å². The Morgan fingerprint density at radius 3 is 2.62 bits per heavy atom. The molecule has 0 saturated carbocycles. The zero-order chi connectivity index (χ0) is 26.2. The van der Waals surface area contributed by atoms with Crippen molar-refractivity contribution in [3.05, 3.63) is 86.0 Å². The van der Waals surface area contributed by atoms with Crippen molar-refractivity contribution in [3.8, 4) is 0 Å². The summed E-state index contributed by atoms with van der Waals surface area (Å²) in [5.74, 6) is -2.43. The molecule has 186 valence electrons. The van der Waals surface area contributed by atoms with Crippen LogP contribution in [-0.4, -0.2) is 29.1 Å². The standard InChI is InChI=1S/C27H20FN3O5S/c1-4-11-30-18-8-6-5-7-17(18)27(25(30)35)20-21(33)16-12-15(28)9-10-19(16)36-22(20)24(34)31(27)26-29-13(2)23(37-26)14(3)32/h5-10,12H,4,11H2,1-3H3. The van der Waals surface area contributed by atoms with Gasteiger partial charge in [0, 0.05) is 19.0 Å². The molecule has 0 fully saturated rings. The van der Waals surface area contributed by atoms with E-state index in [2.05, 4.69) is 4.98 Å². The minimum atomic E-state index is -1.92. The maximum Gasteiger partial charge on any atom is 0.297 e. The van der Waals surface area contributed by atoms with Gasteiger partial charge in [-0.15, -0.1) is 0 Å². The van der Waals surface area contributed by atoms with Gasteiger partial charge in [-0.1, -0.05) is 36.5 Å². The van der Waals surface area contributed by atoms with E-state index in [0.29, 0.717) is 34.8 Å². The number of aromatic nitrogens is 1. The number of ketones is 1. The predicted octanol–water partition coefficient (Wildman–Crippen LogP) is 4.56. The largest absolute Gasteiger partial charge is 0.450 e. The monoisotopic (exact) mass is 517 g/mol. The van der Waals surface area contributed by atoms with Crippen molar-refractivity contribution in [1.29, 1.82) is 0 Å². The second-order valence-corrected chi connectivity index (χ2v) is 10.0. The third kappa shape index (κ3) is 2.90. The Morgan fingerprint density at radius 2 is 1.92 bits per heavy atom. The number of carbonyl (C=O) groups is 3. The van der Waals surface area contributed by atoms with Crippen LogP contribution < -0.4 is 15.2 Å². The first-order valence-corrected chi connectivity index (χ1v) is 12.5. The Bertz CT molecular complexity index is 1740. The van der Waals surface area contributed by atoms with Gasteiger partial charge in [0.15, 0.2) is 21.9 Å². The topological polar surface area (TPSA) is 101 Å². The lowest BCUT2D eigenvalue weighted by atomic mass is 9.84. The number of rotatable bonds is 4. The number of carbonyl (C=O) groups excluding carboxylic acids is 3. The average Bonchev–Trinajstić information content (AvgIpc) is 3.46. The van der Waals surface area contributed by atoms with Gasteiger partial charge in [-0.2, -0.15) is 0 Å². The van der Waals surface area contributed by atoms with Gasteiger partial charge in [0.05, 0.1) is 27.2 Å². The third-order valence-electron chi connectivity index (χ3n) is 6.83. The molecular weight excluding hydrogens is 497 g/mol. The molecule has 0 radical (unpaired) electrons. The molecule has 4 heterocycles. The summed E-state index contributed by atoms with van der Waals surface area (Å²) in [6.45, 7) is 5.30. The molecule has 10 heteroatoms. The SMILES string of the molecule is CCCN1C(=O)C2(c3ccccc31)c1c(oc3ccc(F)cc3c1=O)C(=O)N2c1nc(C)c(C(C)=O)s1. The third-order valence-corrected chi connectivity index (χ3v) is 8.07. The Labute approximate surface area is 213 Å². The number of Topliss-reactive ketones (excluding diaryl/α,β-unsaturated/α-hetero) is 1. The van der Waals surface area contributed by atoms with Gasteiger partial charge < -0.3 is 9.32 Å². The first-order valence-electron chi connectivity index (χ1n) is 11.7. The molecule has 2 aromatic heterocycles. The summed E-state index contributed by atoms with van der Waals surface area (Å²) in [6, 6.07) is 10.4. The molecule has 0 aliphatic carbocycles. The van der Waals surface area contributed by atoms with Crippen LogP contribution in [0.2, 0.25) is 0 Å². The number of anilines is 2. The lowest BCUT2D eigenvalue weighted by molar-refractivity contribution is -0.121. The lowest BCUT2D eigenvalue weighted by Crippen LogP contribution is -2.53. The van der Waals surface area contributed by atoms with Crippen molar-refractivity contribution < 1.29 is 23.2 Å². The number of hydrogen-bond acceptors (Lipinski definition) is 7. The Kier molecular flexibility index (Phi) is 4.97. The highest BCUT2D eigenvalue weighted by atomic mass is 32.1. The van der Waals surface area contributed by atoms with E-state index < -0.39 is 28.6 Å². The normalized spacial score (nSPS) is 18.3. The molecule has 0 saturated heterocycles. The molecule has 2 aliphatic rings. The van der Waals surface area contributed by atoms with Crippen LogP contribution in [0.15, 0.2) is 51.7 Å². The van der Waals surface area contributed by atoms with Crippen molar-refractivity contribution in [1.82, 2.24) is 4.98 Å². The Hall–Kier alpha value is -4.18. The summed E-state index contributed by atoms with van der Waals surface area (Å²) in [6.07, 6.45) is 0.624. The Morgan fingerprint density at radius 1 is 1.16 bits per heavy atom. The molecular formula is C27H20FN3O5S. The second kappa shape index (κ2) is 7.91. The highest BCUT2D eigenvalue weighted by Crippen LogP contribution is 2.54. The van der Waals surface area contributed by atoms with Crippen molar-refractivity contribution in [3.63, 3.8) is 0 Å². The molecule has 1 atom stereocenters. The fraction of sp³-hybridized carbons (Fsp3) is 0.222. The number of aryl methyl sites for hydroxylation is 1. The van der Waals surface area contributed by atoms with Crippen LogP contribution in [0.5, 0.6) is 0 Å². The van der Waals surface area contributed by atoms with E-state index in [0.717, 1.165) is 23.5 Å². The average molecular weight is 518 g/mol. The molecule has 37 heavy (non-hydrogen) atoms. The van der Waals surface area contributed by atoms with Crippen LogP contribution in [0.4, 0.5) is 15.2 Å². The number of amides is 2. The van der Waals surface area contributed by atoms with E-state index in [-0.39, 0.29) is 33.2 Å². The van der Waals surface area contributed by atoms with Crippen LogP contribution in [0.1, 0.15) is 57.3 Å². The van der Waals surface area contributed by atoms with Crippen molar-refractivity contribution in [2.45, 2.75) is 32.7 Å². The molecule has 2 aliphatic heterocycles. The predicted molar refractivity (Wildman–Crippen MR) is 136 cm³/mol. The molecule has 1 spiro atoms. The van der Waals surface area contributed by atoms with E-state index in [4.69, 9.17) is 4.42 Å². The van der Waals surface area contributed by atoms with Crippen molar-refractivity contribution in [2.24, 2.45) is 0 Å². The van der Waals surface area contributed by atoms with Crippen LogP contribution in [0.25, 0.3) is 11.0 Å². The molecule has 8 nitrogen and oxygen atoms in total. The van der Waals surface area contributed by atoms with Gasteiger partial charge in [-0.05, 0) is 37.6 Å². The number of nitrogens with zero attached hydrogens (tertiary/aromatic N) is 3. The first-order chi connectivity index (χ1) is 17.7. The van der Waals surface area contributed by atoms with E-state index >= 15 is 0 Å². The molecule has 0 N–H and O–H groups in total. The molecule has 1 unspecified atom stereocenters. The summed E-state index contributed by atoms with van der Waals surface area (Å²) in [5, 5.41) is 0.0157. The Balaban J connectivity index is 1.77. The zero-order valence-corrected chi connectivity index (χ0v) is 20.9. The summed E-state index contributed by atoms with van der Waals surface area (Å²) in [7, 11) is 0. The van der Waals surface area contributed by atoms with Gasteiger partial charge in [0.1, 0.15) is 11.4 Å². The minimum absolute atomic E-state index is 0.0272. The molecule has 0 bridgehead atoms. The van der Waals surface area contributed by atoms with Crippen LogP contribution in [-0.2, 0) is 10.3 Å². The van der Waals surface area contributed by atoms with Gasteiger partial charge in [0.2, 0.25) is 5.76 Å². The summed E-state index contributed by atoms with van der Waals surface area (Å²) in [5.41, 5.74) is -1.37. The molecule has 2 amide bonds. The fourth-order valence-electron chi connectivity index (χ4n) is 5.39. The summed E-state index contributed by atoms with van der Waals surface area (Å²) < 4.78 is 20.1. The number of fused-ring (bicyclic) bond motifs is 5. The fourth-order valence-corrected chi connectivity index (χ4v) is 6.40. The highest BCUT2D eigenvalue weighted by molar-refractivity contribution is 7.17. The smallest absolute Gasteiger partial charge is 0.297 e. The molecule has 2 aromatic carbocycles. The van der Waals surface area contributed by atoms with Gasteiger partial charge in [0.25, 0.3) is 11.8 Å². The number of thiazole rings is 1. The van der Waals surface area contributed by atoms with E-state index in [9.17, 15) is 23.6 Å². The number of para-hydroxylation sites is 1. The van der Waals surface area contributed by atoms with E-state index in [1.165, 1.54) is 17.9 Å². The minimum Gasteiger partial charge on any atom is -0.450 e. The van der Waals surface area contributed by atoms with Crippen LogP contribution >= 0.6 is 11.3 Å². The van der Waals surface area contributed by atoms with Gasteiger partial charge in [-0.3, -0.25) is 24.1 Å². The zero-order valence-electron chi connectivity index (χ0n) is 20.1. The van der Waals surface area contributed by atoms with Crippen molar-refractivity contribution in [2.75, 3.05) is 16.3 Å². The first kappa shape index (κ1) is 23.2. The number of hydrogen-bond donors (Lipinski definition) is 0. The van der Waals surface area contributed by atoms with Crippen molar-refractivity contribution >= 4 is 50.7 Å². The summed E-state index contributed by atoms with van der Waals surface area (Å²) >= 11 is 0.974. The second-order valence-electron chi connectivity index (χ2n) is 9.07. The number of halogens is 1. The van der Waals surface area contributed by atoms with Gasteiger partial charge >= 0.3 is 0 Å². The van der Waals surface area contributed by atoms with E-state index in [1.807, 2.05) is 6.92 Å². The van der Waals surface area contributed by atoms with Crippen LogP contribution in [0, 0.1) is 12.7 Å². The van der Waals surface area contributed by atoms with E-state index in [1.54, 1.807) is 36.1 Å². The highest BCUT2D eigenvalue weighted by Gasteiger charge is 2.66. The van der Waals surface area contributed by atoms with Crippen LogP contribution in [0.3, 0.4) is 0 Å². The maximum absolute atomic E-state index is 14.4.